The van der Waals surface area contributed by atoms with Crippen LogP contribution in [0.4, 0.5) is 0 Å². The normalized spacial score (nSPS) is 14.7. The summed E-state index contributed by atoms with van der Waals surface area (Å²) in [5, 5.41) is 0. The predicted molar refractivity (Wildman–Crippen MR) is 165 cm³/mol. The number of fused-ring (bicyclic) bond motifs is 1. The van der Waals surface area contributed by atoms with Gasteiger partial charge in [0.15, 0.2) is 22.9 Å². The Labute approximate surface area is 261 Å². The van der Waals surface area contributed by atoms with Gasteiger partial charge < -0.3 is 23.7 Å². The first-order valence-corrected chi connectivity index (χ1v) is 15.3. The van der Waals surface area contributed by atoms with Crippen molar-refractivity contribution in [2.75, 3.05) is 26.9 Å². The maximum absolute atomic E-state index is 14.2. The number of esters is 2. The Morgan fingerprint density at radius 3 is 2.51 bits per heavy atom. The van der Waals surface area contributed by atoms with Crippen molar-refractivity contribution in [3.05, 3.63) is 83.0 Å². The second kappa shape index (κ2) is 14.0. The summed E-state index contributed by atoms with van der Waals surface area (Å²) < 4.78 is 30.3. The summed E-state index contributed by atoms with van der Waals surface area (Å²) in [4.78, 5) is 44.6. The van der Waals surface area contributed by atoms with Gasteiger partial charge in [-0.1, -0.05) is 45.5 Å². The molecule has 12 heteroatoms. The van der Waals surface area contributed by atoms with Crippen molar-refractivity contribution < 1.29 is 33.3 Å². The second-order valence-electron chi connectivity index (χ2n) is 9.63. The van der Waals surface area contributed by atoms with Crippen molar-refractivity contribution >= 4 is 45.3 Å². The van der Waals surface area contributed by atoms with Gasteiger partial charge in [-0.25, -0.2) is 14.6 Å². The number of nitrogens with zero attached hydrogens (tertiary/aromatic N) is 2. The average Bonchev–Trinajstić information content (AvgIpc) is 3.25. The number of benzene rings is 2. The molecule has 1 aliphatic rings. The molecule has 0 bridgehead atoms. The average molecular weight is 674 g/mol. The molecule has 2 heterocycles. The molecule has 0 saturated heterocycles. The van der Waals surface area contributed by atoms with E-state index in [0.717, 1.165) is 11.3 Å². The maximum Gasteiger partial charge on any atom is 0.344 e. The van der Waals surface area contributed by atoms with E-state index in [1.165, 1.54) is 11.7 Å². The summed E-state index contributed by atoms with van der Waals surface area (Å²) in [6.07, 6.45) is 1.50. The van der Waals surface area contributed by atoms with Crippen LogP contribution in [-0.4, -0.2) is 49.5 Å². The summed E-state index contributed by atoms with van der Waals surface area (Å²) >= 11 is 4.64. The quantitative estimate of drug-likeness (QED) is 0.277. The van der Waals surface area contributed by atoms with E-state index in [9.17, 15) is 14.4 Å². The largest absolute Gasteiger partial charge is 0.493 e. The van der Waals surface area contributed by atoms with Gasteiger partial charge in [0.2, 0.25) is 0 Å². The molecule has 228 valence electrons. The van der Waals surface area contributed by atoms with Gasteiger partial charge in [0.25, 0.3) is 5.56 Å². The Morgan fingerprint density at radius 1 is 1.12 bits per heavy atom. The molecule has 0 fully saturated rings. The zero-order valence-corrected chi connectivity index (χ0v) is 27.2. The Balaban J connectivity index is 1.95. The molecule has 1 atom stereocenters. The summed E-state index contributed by atoms with van der Waals surface area (Å²) in [6.45, 7) is 9.00. The first-order valence-electron chi connectivity index (χ1n) is 13.7. The number of ether oxygens (including phenoxy) is 5. The van der Waals surface area contributed by atoms with E-state index in [-0.39, 0.29) is 42.8 Å². The van der Waals surface area contributed by atoms with Gasteiger partial charge in [-0.05, 0) is 58.9 Å². The van der Waals surface area contributed by atoms with Gasteiger partial charge in [-0.15, -0.1) is 0 Å². The molecule has 0 radical (unpaired) electrons. The summed E-state index contributed by atoms with van der Waals surface area (Å²) in [7, 11) is 1.48. The first kappa shape index (κ1) is 32.0. The molecule has 2 aromatic carbocycles. The van der Waals surface area contributed by atoms with Gasteiger partial charge in [0, 0.05) is 15.6 Å². The van der Waals surface area contributed by atoms with E-state index in [1.54, 1.807) is 39.0 Å². The summed E-state index contributed by atoms with van der Waals surface area (Å²) in [5.41, 5.74) is 1.44. The van der Waals surface area contributed by atoms with Crippen LogP contribution in [0.3, 0.4) is 0 Å². The number of methoxy groups -OCH3 is 1. The molecule has 1 aliphatic heterocycles. The monoisotopic (exact) mass is 672 g/mol. The van der Waals surface area contributed by atoms with E-state index >= 15 is 0 Å². The van der Waals surface area contributed by atoms with Crippen molar-refractivity contribution in [3.63, 3.8) is 0 Å². The van der Waals surface area contributed by atoms with E-state index in [2.05, 4.69) is 20.9 Å². The number of halogens is 1. The van der Waals surface area contributed by atoms with Crippen LogP contribution in [0.15, 0.2) is 61.9 Å². The van der Waals surface area contributed by atoms with Crippen molar-refractivity contribution in [3.8, 4) is 17.2 Å². The Morgan fingerprint density at radius 2 is 1.84 bits per heavy atom. The fourth-order valence-electron chi connectivity index (χ4n) is 4.63. The Bertz CT molecular complexity index is 1740. The lowest BCUT2D eigenvalue weighted by Gasteiger charge is -2.26. The summed E-state index contributed by atoms with van der Waals surface area (Å²) in [6, 6.07) is 9.91. The fraction of sp³-hybridized carbons (Fsp3) is 0.355. The predicted octanol–water partition coefficient (Wildman–Crippen LogP) is 4.30. The molecule has 1 aromatic heterocycles. The zero-order valence-electron chi connectivity index (χ0n) is 24.8. The molecule has 4 rings (SSSR count). The maximum atomic E-state index is 14.2. The molecule has 0 unspecified atom stereocenters. The number of carbonyl (C=O) groups is 2. The molecule has 10 nitrogen and oxygen atoms in total. The van der Waals surface area contributed by atoms with Crippen LogP contribution in [0.2, 0.25) is 0 Å². The van der Waals surface area contributed by atoms with Crippen LogP contribution in [0.5, 0.6) is 17.2 Å². The van der Waals surface area contributed by atoms with Crippen molar-refractivity contribution in [1.29, 1.82) is 0 Å². The highest BCUT2D eigenvalue weighted by Crippen LogP contribution is 2.37. The van der Waals surface area contributed by atoms with Crippen molar-refractivity contribution in [1.82, 2.24) is 4.57 Å². The fourth-order valence-corrected chi connectivity index (χ4v) is 6.12. The number of aromatic nitrogens is 1. The van der Waals surface area contributed by atoms with Crippen LogP contribution in [0.25, 0.3) is 6.08 Å². The summed E-state index contributed by atoms with van der Waals surface area (Å²) in [5.74, 6) is 0.0618. The van der Waals surface area contributed by atoms with Crippen LogP contribution >= 0.6 is 27.3 Å². The Hall–Kier alpha value is -3.90. The number of thiazole rings is 1. The van der Waals surface area contributed by atoms with E-state index in [4.69, 9.17) is 23.7 Å². The minimum absolute atomic E-state index is 0.146. The molecule has 0 spiro atoms. The third-order valence-electron chi connectivity index (χ3n) is 6.29. The molecule has 0 N–H and O–H groups in total. The van der Waals surface area contributed by atoms with Gasteiger partial charge in [-0.2, -0.15) is 0 Å². The lowest BCUT2D eigenvalue weighted by molar-refractivity contribution is -0.145. The van der Waals surface area contributed by atoms with Gasteiger partial charge in [0.05, 0.1) is 42.2 Å². The molecule has 0 amide bonds. The minimum Gasteiger partial charge on any atom is -0.493 e. The molecular formula is C31H33BrN2O8S. The molecule has 3 aromatic rings. The highest BCUT2D eigenvalue weighted by atomic mass is 79.9. The molecule has 43 heavy (non-hydrogen) atoms. The van der Waals surface area contributed by atoms with Gasteiger partial charge in [0.1, 0.15) is 11.8 Å². The lowest BCUT2D eigenvalue weighted by atomic mass is 9.95. The van der Waals surface area contributed by atoms with Crippen LogP contribution in [0, 0.1) is 0 Å². The minimum atomic E-state index is -0.844. The lowest BCUT2D eigenvalue weighted by Crippen LogP contribution is -2.40. The Kier molecular flexibility index (Phi) is 10.5. The zero-order chi connectivity index (χ0) is 31.3. The standard InChI is InChI=1S/C31H33BrN2O8S/c1-7-39-25(35)16-41-28-19(13-20(32)15-23(28)38-6)14-24-29(36)34-27(21-11-9-10-12-22(21)42-17(3)4)26(30(37)40-8-2)18(5)33-31(34)43-24/h9-15,17,27H,7-8,16H2,1-6H3/b24-14-/t27-/m1/s1. The molecule has 0 aliphatic carbocycles. The number of allylic oxidation sites excluding steroid dienone is 1. The third-order valence-corrected chi connectivity index (χ3v) is 7.73. The van der Waals surface area contributed by atoms with Crippen LogP contribution in [-0.2, 0) is 19.1 Å². The van der Waals surface area contributed by atoms with Crippen LogP contribution in [0.1, 0.15) is 51.8 Å². The number of rotatable bonds is 11. The highest BCUT2D eigenvalue weighted by molar-refractivity contribution is 9.10. The second-order valence-corrected chi connectivity index (χ2v) is 11.6. The molecule has 0 saturated carbocycles. The number of carbonyl (C=O) groups excluding carboxylic acids is 2. The van der Waals surface area contributed by atoms with E-state index in [1.807, 2.05) is 38.1 Å². The molecular weight excluding hydrogens is 640 g/mol. The first-order chi connectivity index (χ1) is 20.6. The third kappa shape index (κ3) is 7.02. The van der Waals surface area contributed by atoms with Crippen LogP contribution < -0.4 is 29.1 Å². The smallest absolute Gasteiger partial charge is 0.344 e. The SMILES string of the molecule is CCOC(=O)COc1c(/C=c2\sc3n(c2=O)[C@H](c2ccccc2OC(C)C)C(C(=O)OCC)=C(C)N=3)cc(Br)cc1OC. The number of para-hydroxylation sites is 1. The number of hydrogen-bond acceptors (Lipinski definition) is 10. The topological polar surface area (TPSA) is 115 Å². The van der Waals surface area contributed by atoms with Crippen molar-refractivity contribution in [2.24, 2.45) is 4.99 Å². The van der Waals surface area contributed by atoms with E-state index in [0.29, 0.717) is 42.1 Å². The van der Waals surface area contributed by atoms with Gasteiger partial charge >= 0.3 is 11.9 Å². The van der Waals surface area contributed by atoms with Gasteiger partial charge in [-0.3, -0.25) is 9.36 Å². The number of hydrogen-bond donors (Lipinski definition) is 0. The van der Waals surface area contributed by atoms with E-state index < -0.39 is 18.0 Å². The highest BCUT2D eigenvalue weighted by Gasteiger charge is 2.35. The van der Waals surface area contributed by atoms with Crippen molar-refractivity contribution in [2.45, 2.75) is 46.8 Å².